The SMILES string of the molecule is C=CC(=O)N1C[C@H](C)N(c2nc(Nc3cnn(C4CCN(C)C4)c3)ncc2-c2ccc(Oc3nccc(C)n3)c(F)c2)C[C@H]1C. The van der Waals surface area contributed by atoms with Gasteiger partial charge in [-0.3, -0.25) is 9.48 Å². The minimum absolute atomic E-state index is 0.00844. The molecule has 3 aromatic heterocycles. The van der Waals surface area contributed by atoms with Gasteiger partial charge in [-0.15, -0.1) is 0 Å². The number of benzene rings is 1. The minimum Gasteiger partial charge on any atom is -0.421 e. The first-order valence-corrected chi connectivity index (χ1v) is 15.0. The van der Waals surface area contributed by atoms with Crippen LogP contribution < -0.4 is 15.0 Å². The number of likely N-dealkylation sites (tertiary alicyclic amines) is 1. The molecule has 5 heterocycles. The van der Waals surface area contributed by atoms with Crippen molar-refractivity contribution in [3.63, 3.8) is 0 Å². The first-order valence-electron chi connectivity index (χ1n) is 15.0. The van der Waals surface area contributed by atoms with Gasteiger partial charge in [0.05, 0.1) is 17.9 Å². The summed E-state index contributed by atoms with van der Waals surface area (Å²) in [5, 5.41) is 7.87. The number of anilines is 3. The number of piperazine rings is 1. The third kappa shape index (κ3) is 6.48. The maximum atomic E-state index is 15.4. The molecule has 45 heavy (non-hydrogen) atoms. The highest BCUT2D eigenvalue weighted by atomic mass is 19.1. The topological polar surface area (TPSA) is 117 Å². The van der Waals surface area contributed by atoms with E-state index in [1.807, 2.05) is 36.5 Å². The smallest absolute Gasteiger partial charge is 0.322 e. The molecule has 0 radical (unpaired) electrons. The van der Waals surface area contributed by atoms with Gasteiger partial charge in [-0.1, -0.05) is 12.6 Å². The molecule has 2 saturated heterocycles. The maximum Gasteiger partial charge on any atom is 0.322 e. The number of carbonyl (C=O) groups is 1. The number of halogens is 1. The van der Waals surface area contributed by atoms with Gasteiger partial charge in [0.15, 0.2) is 11.6 Å². The highest BCUT2D eigenvalue weighted by Crippen LogP contribution is 2.36. The molecule has 0 spiro atoms. The lowest BCUT2D eigenvalue weighted by Crippen LogP contribution is -2.58. The third-order valence-electron chi connectivity index (χ3n) is 8.30. The molecule has 1 unspecified atom stereocenters. The van der Waals surface area contributed by atoms with Crippen LogP contribution in [0, 0.1) is 12.7 Å². The molecule has 0 saturated carbocycles. The molecule has 6 rings (SSSR count). The van der Waals surface area contributed by atoms with Crippen molar-refractivity contribution in [2.45, 2.75) is 45.3 Å². The zero-order valence-corrected chi connectivity index (χ0v) is 25.9. The highest BCUT2D eigenvalue weighted by molar-refractivity contribution is 5.87. The van der Waals surface area contributed by atoms with E-state index in [1.54, 1.807) is 36.8 Å². The molecule has 2 aliphatic rings. The third-order valence-corrected chi connectivity index (χ3v) is 8.30. The Morgan fingerprint density at radius 3 is 2.69 bits per heavy atom. The predicted octanol–water partition coefficient (Wildman–Crippen LogP) is 4.60. The van der Waals surface area contributed by atoms with Crippen LogP contribution in [0.2, 0.25) is 0 Å². The molecule has 2 fully saturated rings. The predicted molar refractivity (Wildman–Crippen MR) is 169 cm³/mol. The van der Waals surface area contributed by atoms with Gasteiger partial charge in [0.25, 0.3) is 0 Å². The zero-order chi connectivity index (χ0) is 31.7. The number of nitrogens with zero attached hydrogens (tertiary/aromatic N) is 9. The normalized spacial score (nSPS) is 20.3. The van der Waals surface area contributed by atoms with Gasteiger partial charge in [0, 0.05) is 61.6 Å². The van der Waals surface area contributed by atoms with Crippen LogP contribution in [0.3, 0.4) is 0 Å². The van der Waals surface area contributed by atoms with Crippen molar-refractivity contribution in [1.82, 2.24) is 39.5 Å². The van der Waals surface area contributed by atoms with E-state index in [9.17, 15) is 4.79 Å². The van der Waals surface area contributed by atoms with Crippen LogP contribution >= 0.6 is 0 Å². The second-order valence-corrected chi connectivity index (χ2v) is 11.7. The van der Waals surface area contributed by atoms with E-state index >= 15 is 4.39 Å². The molecule has 2 aliphatic heterocycles. The fraction of sp³-hybridized carbons (Fsp3) is 0.375. The Hall–Kier alpha value is -4.91. The first kappa shape index (κ1) is 30.1. The molecule has 3 atom stereocenters. The van der Waals surface area contributed by atoms with Crippen molar-refractivity contribution in [3.05, 3.63) is 73.2 Å². The van der Waals surface area contributed by atoms with Gasteiger partial charge >= 0.3 is 6.01 Å². The maximum absolute atomic E-state index is 15.4. The van der Waals surface area contributed by atoms with Gasteiger partial charge in [0.2, 0.25) is 11.9 Å². The summed E-state index contributed by atoms with van der Waals surface area (Å²) < 4.78 is 23.0. The fourth-order valence-corrected chi connectivity index (χ4v) is 5.89. The Morgan fingerprint density at radius 2 is 1.96 bits per heavy atom. The number of aromatic nitrogens is 6. The Balaban J connectivity index is 1.32. The lowest BCUT2D eigenvalue weighted by atomic mass is 10.0. The number of nitrogens with one attached hydrogen (secondary N) is 1. The van der Waals surface area contributed by atoms with E-state index in [1.165, 1.54) is 12.1 Å². The molecule has 12 nitrogen and oxygen atoms in total. The molecule has 234 valence electrons. The Kier molecular flexibility index (Phi) is 8.44. The second-order valence-electron chi connectivity index (χ2n) is 11.7. The monoisotopic (exact) mass is 612 g/mol. The van der Waals surface area contributed by atoms with Crippen LogP contribution in [0.5, 0.6) is 11.8 Å². The van der Waals surface area contributed by atoms with Crippen molar-refractivity contribution < 1.29 is 13.9 Å². The van der Waals surface area contributed by atoms with Crippen molar-refractivity contribution in [1.29, 1.82) is 0 Å². The standard InChI is InChI=1S/C32H37FN10O2/c1-6-29(44)41-16-22(4)42(17-21(41)3)30-26(23-7-8-28(27(33)13-23)45-32-34-11-9-20(2)37-32)15-35-31(39-30)38-24-14-36-43(18-24)25-10-12-40(5)19-25/h6-9,11,13-15,18,21-22,25H,1,10,12,16-17,19H2,2-5H3,(H,35,38,39)/t21-,22+,25?/m1/s1. The van der Waals surface area contributed by atoms with E-state index in [4.69, 9.17) is 9.72 Å². The van der Waals surface area contributed by atoms with Crippen molar-refractivity contribution >= 4 is 23.4 Å². The number of hydrogen-bond donors (Lipinski definition) is 1. The van der Waals surface area contributed by atoms with Crippen LogP contribution in [0.25, 0.3) is 11.1 Å². The van der Waals surface area contributed by atoms with Gasteiger partial charge < -0.3 is 24.8 Å². The van der Waals surface area contributed by atoms with Gasteiger partial charge in [-0.25, -0.2) is 19.3 Å². The van der Waals surface area contributed by atoms with Crippen LogP contribution in [0.4, 0.5) is 21.8 Å². The fourth-order valence-electron chi connectivity index (χ4n) is 5.89. The summed E-state index contributed by atoms with van der Waals surface area (Å²) >= 11 is 0. The van der Waals surface area contributed by atoms with Crippen molar-refractivity contribution in [2.75, 3.05) is 43.4 Å². The number of ether oxygens (including phenoxy) is 1. The molecule has 1 aromatic carbocycles. The Bertz CT molecular complexity index is 1710. The summed E-state index contributed by atoms with van der Waals surface area (Å²) in [6, 6.07) is 6.65. The average molecular weight is 613 g/mol. The van der Waals surface area contributed by atoms with Gasteiger partial charge in [-0.2, -0.15) is 10.1 Å². The number of likely N-dealkylation sites (N-methyl/N-ethyl adjacent to an activating group) is 1. The highest BCUT2D eigenvalue weighted by Gasteiger charge is 2.33. The number of carbonyl (C=O) groups excluding carboxylic acids is 1. The Morgan fingerprint density at radius 1 is 1.11 bits per heavy atom. The van der Waals surface area contributed by atoms with E-state index in [-0.39, 0.29) is 29.8 Å². The molecule has 13 heteroatoms. The van der Waals surface area contributed by atoms with E-state index in [2.05, 4.69) is 48.8 Å². The molecule has 0 aliphatic carbocycles. The molecule has 1 N–H and O–H groups in total. The van der Waals surface area contributed by atoms with Crippen molar-refractivity contribution in [3.8, 4) is 22.9 Å². The van der Waals surface area contributed by atoms with E-state index in [0.29, 0.717) is 47.7 Å². The number of rotatable bonds is 8. The average Bonchev–Trinajstić information content (AvgIpc) is 3.67. The summed E-state index contributed by atoms with van der Waals surface area (Å²) in [5.74, 6) is 0.336. The van der Waals surface area contributed by atoms with E-state index in [0.717, 1.165) is 25.2 Å². The van der Waals surface area contributed by atoms with E-state index < -0.39 is 5.82 Å². The van der Waals surface area contributed by atoms with Crippen molar-refractivity contribution in [2.24, 2.45) is 0 Å². The summed E-state index contributed by atoms with van der Waals surface area (Å²) in [7, 11) is 2.11. The van der Waals surface area contributed by atoms with Gasteiger partial charge in [0.1, 0.15) is 5.82 Å². The zero-order valence-electron chi connectivity index (χ0n) is 25.9. The van der Waals surface area contributed by atoms with Crippen LogP contribution in [-0.4, -0.2) is 90.7 Å². The largest absolute Gasteiger partial charge is 0.421 e. The Labute approximate surface area is 261 Å². The molecule has 0 bridgehead atoms. The molecular weight excluding hydrogens is 575 g/mol. The lowest BCUT2D eigenvalue weighted by Gasteiger charge is -2.44. The molecule has 4 aromatic rings. The first-order chi connectivity index (χ1) is 21.7. The lowest BCUT2D eigenvalue weighted by molar-refractivity contribution is -0.128. The minimum atomic E-state index is -0.571. The van der Waals surface area contributed by atoms with Gasteiger partial charge in [-0.05, 0) is 70.6 Å². The van der Waals surface area contributed by atoms with Crippen LogP contribution in [-0.2, 0) is 4.79 Å². The second kappa shape index (κ2) is 12.6. The number of aryl methyl sites for hydroxylation is 1. The molecule has 1 amide bonds. The number of amides is 1. The summed E-state index contributed by atoms with van der Waals surface area (Å²) in [6.07, 6.45) is 9.38. The quantitative estimate of drug-likeness (QED) is 0.283. The van der Waals surface area contributed by atoms with Crippen LogP contribution in [0.15, 0.2) is 61.7 Å². The van der Waals surface area contributed by atoms with Crippen LogP contribution in [0.1, 0.15) is 32.0 Å². The summed E-state index contributed by atoms with van der Waals surface area (Å²) in [6.45, 7) is 12.5. The summed E-state index contributed by atoms with van der Waals surface area (Å²) in [5.41, 5.74) is 2.71. The number of hydrogen-bond acceptors (Lipinski definition) is 10. The summed E-state index contributed by atoms with van der Waals surface area (Å²) in [4.78, 5) is 36.6. The molecular formula is C32H37FN10O2.